The first-order valence-electron chi connectivity index (χ1n) is 7.39. The smallest absolute Gasteiger partial charge is 0.215 e. The minimum atomic E-state index is -0.501. The topological polar surface area (TPSA) is 91.0 Å². The van der Waals surface area contributed by atoms with Crippen LogP contribution in [0.15, 0.2) is 53.2 Å². The number of rotatable bonds is 2. The molecular formula is C18H12ClFN4O. The van der Waals surface area contributed by atoms with Crippen LogP contribution in [0.25, 0.3) is 33.5 Å². The Morgan fingerprint density at radius 3 is 2.64 bits per heavy atom. The van der Waals surface area contributed by atoms with Gasteiger partial charge in [0.1, 0.15) is 17.2 Å². The van der Waals surface area contributed by atoms with Gasteiger partial charge >= 0.3 is 0 Å². The number of nitrogen functional groups attached to an aromatic ring is 2. The van der Waals surface area contributed by atoms with Gasteiger partial charge in [-0.05, 0) is 29.8 Å². The first-order chi connectivity index (χ1) is 12.1. The Kier molecular flexibility index (Phi) is 3.54. The summed E-state index contributed by atoms with van der Waals surface area (Å²) in [5.41, 5.74) is 15.2. The molecule has 7 heteroatoms. The van der Waals surface area contributed by atoms with Gasteiger partial charge in [0.15, 0.2) is 5.58 Å². The molecule has 1 aromatic carbocycles. The summed E-state index contributed by atoms with van der Waals surface area (Å²) in [5.74, 6) is -0.408. The predicted octanol–water partition coefficient (Wildman–Crippen LogP) is 4.51. The first-order valence-corrected chi connectivity index (χ1v) is 7.77. The average Bonchev–Trinajstić information content (AvgIpc) is 2.93. The molecule has 0 aliphatic heterocycles. The summed E-state index contributed by atoms with van der Waals surface area (Å²) in [7, 11) is 0. The Balaban J connectivity index is 2.03. The van der Waals surface area contributed by atoms with Gasteiger partial charge in [-0.1, -0.05) is 23.7 Å². The molecule has 0 aliphatic rings. The SMILES string of the molecule is Nc1oc2c(-c3ccccn3)ncc(-c3ccc(F)c(Cl)c3)c2c1N. The molecule has 0 saturated heterocycles. The van der Waals surface area contributed by atoms with E-state index >= 15 is 0 Å². The van der Waals surface area contributed by atoms with Gasteiger partial charge in [0, 0.05) is 18.0 Å². The Bertz CT molecular complexity index is 1100. The highest BCUT2D eigenvalue weighted by atomic mass is 35.5. The van der Waals surface area contributed by atoms with Crippen LogP contribution in [0.2, 0.25) is 5.02 Å². The van der Waals surface area contributed by atoms with E-state index in [0.717, 1.165) is 0 Å². The summed E-state index contributed by atoms with van der Waals surface area (Å²) in [6.07, 6.45) is 3.29. The van der Waals surface area contributed by atoms with Crippen molar-refractivity contribution in [2.75, 3.05) is 11.5 Å². The minimum Gasteiger partial charge on any atom is -0.436 e. The number of anilines is 2. The molecule has 3 heterocycles. The number of nitrogens with zero attached hydrogens (tertiary/aromatic N) is 2. The second kappa shape index (κ2) is 5.75. The van der Waals surface area contributed by atoms with Crippen molar-refractivity contribution in [3.8, 4) is 22.5 Å². The van der Waals surface area contributed by atoms with E-state index in [1.54, 1.807) is 24.5 Å². The Morgan fingerprint density at radius 1 is 1.08 bits per heavy atom. The third kappa shape index (κ3) is 2.47. The summed E-state index contributed by atoms with van der Waals surface area (Å²) < 4.78 is 19.1. The molecule has 4 aromatic rings. The third-order valence-electron chi connectivity index (χ3n) is 3.92. The lowest BCUT2D eigenvalue weighted by Gasteiger charge is -2.07. The van der Waals surface area contributed by atoms with E-state index in [2.05, 4.69) is 9.97 Å². The molecule has 0 unspecified atom stereocenters. The maximum absolute atomic E-state index is 13.5. The van der Waals surface area contributed by atoms with Crippen LogP contribution in [0.4, 0.5) is 16.0 Å². The van der Waals surface area contributed by atoms with E-state index < -0.39 is 5.82 Å². The van der Waals surface area contributed by atoms with Crippen molar-refractivity contribution in [3.63, 3.8) is 0 Å². The quantitative estimate of drug-likeness (QED) is 0.552. The largest absolute Gasteiger partial charge is 0.436 e. The van der Waals surface area contributed by atoms with Gasteiger partial charge in [-0.3, -0.25) is 4.98 Å². The normalized spacial score (nSPS) is 11.1. The second-order valence-corrected chi connectivity index (χ2v) is 5.86. The van der Waals surface area contributed by atoms with Crippen molar-refractivity contribution in [1.29, 1.82) is 0 Å². The van der Waals surface area contributed by atoms with E-state index in [-0.39, 0.29) is 10.9 Å². The maximum atomic E-state index is 13.5. The third-order valence-corrected chi connectivity index (χ3v) is 4.21. The van der Waals surface area contributed by atoms with Crippen molar-refractivity contribution < 1.29 is 8.81 Å². The molecule has 4 N–H and O–H groups in total. The fourth-order valence-corrected chi connectivity index (χ4v) is 2.90. The van der Waals surface area contributed by atoms with Gasteiger partial charge in [0.25, 0.3) is 0 Å². The molecule has 0 fully saturated rings. The van der Waals surface area contributed by atoms with Crippen LogP contribution < -0.4 is 11.5 Å². The zero-order chi connectivity index (χ0) is 17.6. The van der Waals surface area contributed by atoms with Crippen LogP contribution in [0.5, 0.6) is 0 Å². The lowest BCUT2D eigenvalue weighted by atomic mass is 10.0. The van der Waals surface area contributed by atoms with Crippen LogP contribution in [0, 0.1) is 5.82 Å². The lowest BCUT2D eigenvalue weighted by Crippen LogP contribution is -1.93. The molecule has 0 atom stereocenters. The summed E-state index contributed by atoms with van der Waals surface area (Å²) >= 11 is 5.90. The summed E-state index contributed by atoms with van der Waals surface area (Å²) in [6.45, 7) is 0. The second-order valence-electron chi connectivity index (χ2n) is 5.45. The lowest BCUT2D eigenvalue weighted by molar-refractivity contribution is 0.628. The van der Waals surface area contributed by atoms with Crippen LogP contribution >= 0.6 is 11.6 Å². The molecule has 124 valence electrons. The van der Waals surface area contributed by atoms with Crippen LogP contribution in [0.1, 0.15) is 0 Å². The number of fused-ring (bicyclic) bond motifs is 1. The zero-order valence-corrected chi connectivity index (χ0v) is 13.6. The summed E-state index contributed by atoms with van der Waals surface area (Å²) in [6, 6.07) is 9.86. The number of benzene rings is 1. The van der Waals surface area contributed by atoms with E-state index in [1.807, 2.05) is 12.1 Å². The predicted molar refractivity (Wildman–Crippen MR) is 96.5 cm³/mol. The number of halogens is 2. The highest BCUT2D eigenvalue weighted by Crippen LogP contribution is 2.41. The van der Waals surface area contributed by atoms with Gasteiger partial charge < -0.3 is 15.9 Å². The number of hydrogen-bond donors (Lipinski definition) is 2. The van der Waals surface area contributed by atoms with Crippen molar-refractivity contribution >= 4 is 34.1 Å². The Labute approximate surface area is 147 Å². The molecule has 3 aromatic heterocycles. The van der Waals surface area contributed by atoms with E-state index in [1.165, 1.54) is 12.1 Å². The van der Waals surface area contributed by atoms with E-state index in [0.29, 0.717) is 39.2 Å². The van der Waals surface area contributed by atoms with Gasteiger partial charge in [-0.15, -0.1) is 0 Å². The number of nitrogens with two attached hydrogens (primary N) is 2. The Hall–Kier alpha value is -3.12. The molecule has 25 heavy (non-hydrogen) atoms. The van der Waals surface area contributed by atoms with E-state index in [9.17, 15) is 4.39 Å². The van der Waals surface area contributed by atoms with Crippen molar-refractivity contribution in [2.45, 2.75) is 0 Å². The van der Waals surface area contributed by atoms with Gasteiger partial charge in [-0.2, -0.15) is 0 Å². The molecule has 0 saturated carbocycles. The zero-order valence-electron chi connectivity index (χ0n) is 12.8. The summed E-state index contributed by atoms with van der Waals surface area (Å²) in [4.78, 5) is 8.75. The molecular weight excluding hydrogens is 343 g/mol. The van der Waals surface area contributed by atoms with E-state index in [4.69, 9.17) is 27.5 Å². The first kappa shape index (κ1) is 15.4. The fraction of sp³-hybridized carbons (Fsp3) is 0. The molecule has 0 radical (unpaired) electrons. The summed E-state index contributed by atoms with van der Waals surface area (Å²) in [5, 5.41) is 0.602. The highest BCUT2D eigenvalue weighted by molar-refractivity contribution is 6.31. The van der Waals surface area contributed by atoms with Gasteiger partial charge in [-0.25, -0.2) is 9.37 Å². The molecule has 0 aliphatic carbocycles. The monoisotopic (exact) mass is 354 g/mol. The molecule has 0 bridgehead atoms. The molecule has 0 spiro atoms. The number of hydrogen-bond acceptors (Lipinski definition) is 5. The Morgan fingerprint density at radius 2 is 1.92 bits per heavy atom. The maximum Gasteiger partial charge on any atom is 0.215 e. The van der Waals surface area contributed by atoms with Crippen molar-refractivity contribution in [2.24, 2.45) is 0 Å². The van der Waals surface area contributed by atoms with Crippen LogP contribution in [-0.2, 0) is 0 Å². The van der Waals surface area contributed by atoms with Crippen molar-refractivity contribution in [3.05, 3.63) is 59.6 Å². The number of furan rings is 1. The van der Waals surface area contributed by atoms with Crippen LogP contribution in [0.3, 0.4) is 0 Å². The van der Waals surface area contributed by atoms with Crippen molar-refractivity contribution in [1.82, 2.24) is 9.97 Å². The van der Waals surface area contributed by atoms with Crippen LogP contribution in [-0.4, -0.2) is 9.97 Å². The molecule has 0 amide bonds. The van der Waals surface area contributed by atoms with Gasteiger partial charge in [0.05, 0.1) is 16.1 Å². The molecule has 5 nitrogen and oxygen atoms in total. The molecule has 4 rings (SSSR count). The minimum absolute atomic E-state index is 0.00879. The van der Waals surface area contributed by atoms with Gasteiger partial charge in [0.2, 0.25) is 5.88 Å². The number of aromatic nitrogens is 2. The fourth-order valence-electron chi connectivity index (χ4n) is 2.72. The average molecular weight is 355 g/mol. The number of pyridine rings is 2. The highest BCUT2D eigenvalue weighted by Gasteiger charge is 2.20. The standard InChI is InChI=1S/C18H12ClFN4O/c19-11-7-9(4-5-12(11)20)10-8-24-16(13-3-1-2-6-23-13)17-14(10)15(21)18(22)25-17/h1-8H,21-22H2.